The third-order valence-corrected chi connectivity index (χ3v) is 3.08. The molecule has 2 aromatic rings. The van der Waals surface area contributed by atoms with Gasteiger partial charge >= 0.3 is 0 Å². The molecule has 2 aromatic carbocycles. The maximum Gasteiger partial charge on any atom is 0.271 e. The first kappa shape index (κ1) is 16.0. The van der Waals surface area contributed by atoms with Crippen molar-refractivity contribution >= 4 is 17.8 Å². The van der Waals surface area contributed by atoms with Crippen LogP contribution in [0.25, 0.3) is 0 Å². The van der Waals surface area contributed by atoms with Crippen LogP contribution in [-0.4, -0.2) is 27.3 Å². The van der Waals surface area contributed by atoms with E-state index in [4.69, 9.17) is 0 Å². The molecule has 0 heterocycles. The van der Waals surface area contributed by atoms with Crippen molar-refractivity contribution in [1.29, 1.82) is 0 Å². The van der Waals surface area contributed by atoms with Gasteiger partial charge in [-0.15, -0.1) is 0 Å². The molecule has 0 atom stereocenters. The first-order valence-corrected chi connectivity index (χ1v) is 6.49. The molecule has 0 radical (unpaired) electrons. The number of nitrogens with zero attached hydrogens (tertiary/aromatic N) is 2. The summed E-state index contributed by atoms with van der Waals surface area (Å²) in [4.78, 5) is 22.1. The molecule has 0 saturated carbocycles. The van der Waals surface area contributed by atoms with Crippen molar-refractivity contribution in [3.05, 3.63) is 63.2 Å². The number of benzene rings is 2. The SMILES string of the molecule is Cc1ccc([N+](=O)[O-])cc1/C=N/NC(=O)c1ccc(O)c(O)c1. The number of nitrogens with one attached hydrogen (secondary N) is 1. The van der Waals surface area contributed by atoms with Crippen molar-refractivity contribution in [3.8, 4) is 11.5 Å². The third-order valence-electron chi connectivity index (χ3n) is 3.08. The van der Waals surface area contributed by atoms with E-state index in [-0.39, 0.29) is 17.0 Å². The van der Waals surface area contributed by atoms with Gasteiger partial charge in [0.05, 0.1) is 11.1 Å². The molecule has 0 aromatic heterocycles. The van der Waals surface area contributed by atoms with Gasteiger partial charge in [-0.25, -0.2) is 5.43 Å². The molecule has 1 amide bonds. The molecular formula is C15H13N3O5. The maximum atomic E-state index is 11.8. The number of aromatic hydroxyl groups is 2. The van der Waals surface area contributed by atoms with E-state index in [1.54, 1.807) is 13.0 Å². The second kappa shape index (κ2) is 6.56. The van der Waals surface area contributed by atoms with Gasteiger partial charge in [-0.05, 0) is 30.7 Å². The minimum atomic E-state index is -0.598. The van der Waals surface area contributed by atoms with Crippen LogP contribution in [0.1, 0.15) is 21.5 Å². The van der Waals surface area contributed by atoms with Gasteiger partial charge in [-0.3, -0.25) is 14.9 Å². The predicted molar refractivity (Wildman–Crippen MR) is 82.7 cm³/mol. The van der Waals surface area contributed by atoms with E-state index < -0.39 is 16.6 Å². The van der Waals surface area contributed by atoms with Crippen LogP contribution >= 0.6 is 0 Å². The summed E-state index contributed by atoms with van der Waals surface area (Å²) in [5.74, 6) is -1.35. The van der Waals surface area contributed by atoms with Gasteiger partial charge in [-0.1, -0.05) is 6.07 Å². The average Bonchev–Trinajstić information content (AvgIpc) is 2.51. The minimum Gasteiger partial charge on any atom is -0.504 e. The van der Waals surface area contributed by atoms with Gasteiger partial charge in [0.2, 0.25) is 0 Å². The van der Waals surface area contributed by atoms with E-state index in [1.165, 1.54) is 30.5 Å². The lowest BCUT2D eigenvalue weighted by atomic mass is 10.1. The van der Waals surface area contributed by atoms with Crippen molar-refractivity contribution in [3.63, 3.8) is 0 Å². The van der Waals surface area contributed by atoms with E-state index in [9.17, 15) is 25.1 Å². The Kier molecular flexibility index (Phi) is 4.55. The van der Waals surface area contributed by atoms with Crippen LogP contribution in [0.3, 0.4) is 0 Å². The maximum absolute atomic E-state index is 11.8. The van der Waals surface area contributed by atoms with Crippen LogP contribution < -0.4 is 5.43 Å². The van der Waals surface area contributed by atoms with Crippen LogP contribution in [0.4, 0.5) is 5.69 Å². The lowest BCUT2D eigenvalue weighted by molar-refractivity contribution is -0.384. The highest BCUT2D eigenvalue weighted by atomic mass is 16.6. The highest BCUT2D eigenvalue weighted by molar-refractivity contribution is 5.95. The van der Waals surface area contributed by atoms with Gasteiger partial charge in [0, 0.05) is 23.3 Å². The van der Waals surface area contributed by atoms with Crippen molar-refractivity contribution < 1.29 is 19.9 Å². The van der Waals surface area contributed by atoms with Crippen LogP contribution in [-0.2, 0) is 0 Å². The largest absolute Gasteiger partial charge is 0.504 e. The molecule has 0 spiro atoms. The van der Waals surface area contributed by atoms with E-state index in [2.05, 4.69) is 10.5 Å². The average molecular weight is 315 g/mol. The topological polar surface area (TPSA) is 125 Å². The fourth-order valence-corrected chi connectivity index (χ4v) is 1.77. The number of nitro groups is 1. The molecule has 8 heteroatoms. The Hall–Kier alpha value is -3.42. The highest BCUT2D eigenvalue weighted by Crippen LogP contribution is 2.24. The van der Waals surface area contributed by atoms with Gasteiger partial charge in [-0.2, -0.15) is 5.10 Å². The summed E-state index contributed by atoms with van der Waals surface area (Å²) in [6.45, 7) is 1.75. The zero-order valence-corrected chi connectivity index (χ0v) is 12.1. The van der Waals surface area contributed by atoms with E-state index in [0.717, 1.165) is 11.6 Å². The summed E-state index contributed by atoms with van der Waals surface area (Å²) in [6.07, 6.45) is 1.29. The standard InChI is InChI=1S/C15H13N3O5/c1-9-2-4-12(18(22)23)6-11(9)8-16-17-15(21)10-3-5-13(19)14(20)7-10/h2-8,19-20H,1H3,(H,17,21)/b16-8+. The molecule has 118 valence electrons. The smallest absolute Gasteiger partial charge is 0.271 e. The number of carbonyl (C=O) groups excluding carboxylic acids is 1. The number of phenolic OH excluding ortho intramolecular Hbond substituents is 2. The van der Waals surface area contributed by atoms with Crippen molar-refractivity contribution in [1.82, 2.24) is 5.43 Å². The van der Waals surface area contributed by atoms with E-state index >= 15 is 0 Å². The number of rotatable bonds is 4. The number of amides is 1. The number of aryl methyl sites for hydroxylation is 1. The molecule has 0 aliphatic heterocycles. The molecule has 0 fully saturated rings. The fourth-order valence-electron chi connectivity index (χ4n) is 1.77. The van der Waals surface area contributed by atoms with Crippen LogP contribution in [0.2, 0.25) is 0 Å². The van der Waals surface area contributed by atoms with Crippen molar-refractivity contribution in [2.45, 2.75) is 6.92 Å². The first-order chi connectivity index (χ1) is 10.9. The Bertz CT molecular complexity index is 802. The van der Waals surface area contributed by atoms with Crippen molar-refractivity contribution in [2.24, 2.45) is 5.10 Å². The Balaban J connectivity index is 2.12. The third kappa shape index (κ3) is 3.82. The predicted octanol–water partition coefficient (Wildman–Crippen LogP) is 2.08. The minimum absolute atomic E-state index is 0.0770. The molecule has 2 rings (SSSR count). The fraction of sp³-hybridized carbons (Fsp3) is 0.0667. The zero-order chi connectivity index (χ0) is 17.0. The molecule has 8 nitrogen and oxygen atoms in total. The summed E-state index contributed by atoms with van der Waals surface area (Å²) in [5, 5.41) is 33.0. The summed E-state index contributed by atoms with van der Waals surface area (Å²) < 4.78 is 0. The molecule has 0 bridgehead atoms. The molecule has 0 aliphatic rings. The van der Waals surface area contributed by atoms with Crippen LogP contribution in [0.5, 0.6) is 11.5 Å². The molecule has 23 heavy (non-hydrogen) atoms. The normalized spacial score (nSPS) is 10.7. The summed E-state index contributed by atoms with van der Waals surface area (Å²) in [7, 11) is 0. The second-order valence-corrected chi connectivity index (χ2v) is 4.70. The molecule has 3 N–H and O–H groups in total. The van der Waals surface area contributed by atoms with E-state index in [0.29, 0.717) is 5.56 Å². The zero-order valence-electron chi connectivity index (χ0n) is 12.1. The number of non-ortho nitro benzene ring substituents is 1. The van der Waals surface area contributed by atoms with Crippen LogP contribution in [0.15, 0.2) is 41.5 Å². The number of hydrogen-bond donors (Lipinski definition) is 3. The summed E-state index contributed by atoms with van der Waals surface area (Å²) in [6, 6.07) is 7.90. The second-order valence-electron chi connectivity index (χ2n) is 4.70. The van der Waals surface area contributed by atoms with Gasteiger partial charge in [0.15, 0.2) is 11.5 Å². The first-order valence-electron chi connectivity index (χ1n) is 6.49. The van der Waals surface area contributed by atoms with Gasteiger partial charge in [0.25, 0.3) is 11.6 Å². The number of nitro benzene ring substituents is 1. The number of phenols is 2. The Morgan fingerprint density at radius 1 is 1.22 bits per heavy atom. The monoisotopic (exact) mass is 315 g/mol. The molecular weight excluding hydrogens is 302 g/mol. The van der Waals surface area contributed by atoms with Crippen LogP contribution in [0, 0.1) is 17.0 Å². The molecule has 0 unspecified atom stereocenters. The Morgan fingerprint density at radius 2 is 1.96 bits per heavy atom. The molecule has 0 aliphatic carbocycles. The Labute approximate surface area is 130 Å². The summed E-state index contributed by atoms with van der Waals surface area (Å²) >= 11 is 0. The Morgan fingerprint density at radius 3 is 2.61 bits per heavy atom. The van der Waals surface area contributed by atoms with Gasteiger partial charge in [0.1, 0.15) is 0 Å². The lowest BCUT2D eigenvalue weighted by Gasteiger charge is -2.03. The lowest BCUT2D eigenvalue weighted by Crippen LogP contribution is -2.17. The van der Waals surface area contributed by atoms with E-state index in [1.807, 2.05) is 0 Å². The molecule has 0 saturated heterocycles. The summed E-state index contributed by atoms with van der Waals surface area (Å²) in [5.41, 5.74) is 3.52. The number of hydrazone groups is 1. The quantitative estimate of drug-likeness (QED) is 0.345. The number of carbonyl (C=O) groups is 1. The van der Waals surface area contributed by atoms with Gasteiger partial charge < -0.3 is 10.2 Å². The highest BCUT2D eigenvalue weighted by Gasteiger charge is 2.09. The number of hydrogen-bond acceptors (Lipinski definition) is 6. The van der Waals surface area contributed by atoms with Crippen molar-refractivity contribution in [2.75, 3.05) is 0 Å².